The van der Waals surface area contributed by atoms with E-state index in [1.165, 1.54) is 37.0 Å². The molecular weight excluding hydrogens is 312 g/mol. The highest BCUT2D eigenvalue weighted by atomic mass is 32.1. The maximum Gasteiger partial charge on any atom is 0.308 e. The number of rotatable bonds is 3. The van der Waals surface area contributed by atoms with E-state index >= 15 is 0 Å². The highest BCUT2D eigenvalue weighted by molar-refractivity contribution is 7.13. The number of amides is 1. The summed E-state index contributed by atoms with van der Waals surface area (Å²) in [6, 6.07) is 0. The molecule has 0 bridgehead atoms. The van der Waals surface area contributed by atoms with Crippen LogP contribution in [-0.4, -0.2) is 40.0 Å². The third-order valence-electron chi connectivity index (χ3n) is 5.01. The zero-order valence-electron chi connectivity index (χ0n) is 13.7. The second-order valence-electron chi connectivity index (χ2n) is 7.03. The average molecular weight is 336 g/mol. The van der Waals surface area contributed by atoms with Crippen LogP contribution in [0.1, 0.15) is 65.3 Å². The minimum absolute atomic E-state index is 0.0398. The van der Waals surface area contributed by atoms with Crippen LogP contribution >= 0.6 is 11.3 Å². The number of hydrogen-bond donors (Lipinski definition) is 1. The molecule has 1 aromatic rings. The molecule has 1 aliphatic carbocycles. The number of aromatic nitrogens is 1. The molecule has 0 spiro atoms. The van der Waals surface area contributed by atoms with E-state index in [4.69, 9.17) is 0 Å². The third-order valence-corrected chi connectivity index (χ3v) is 6.32. The van der Waals surface area contributed by atoms with Gasteiger partial charge in [-0.05, 0) is 32.1 Å². The number of carbonyl (C=O) groups excluding carboxylic acids is 1. The second kappa shape index (κ2) is 6.59. The fourth-order valence-electron chi connectivity index (χ4n) is 3.80. The maximum atomic E-state index is 12.9. The first-order valence-electron chi connectivity index (χ1n) is 8.45. The Morgan fingerprint density at radius 1 is 1.26 bits per heavy atom. The molecule has 1 saturated carbocycles. The van der Waals surface area contributed by atoms with Crippen molar-refractivity contribution in [2.24, 2.45) is 11.8 Å². The zero-order valence-corrected chi connectivity index (χ0v) is 14.6. The molecular formula is C17H24N2O3S. The molecule has 1 saturated heterocycles. The molecule has 2 unspecified atom stereocenters. The smallest absolute Gasteiger partial charge is 0.308 e. The molecule has 5 nitrogen and oxygen atoms in total. The number of aryl methyl sites for hydroxylation is 1. The number of thiazole rings is 1. The van der Waals surface area contributed by atoms with Crippen molar-refractivity contribution < 1.29 is 14.7 Å². The summed E-state index contributed by atoms with van der Waals surface area (Å²) in [5.41, 5.74) is 0.798. The number of hydrogen-bond acceptors (Lipinski definition) is 4. The second-order valence-corrected chi connectivity index (χ2v) is 8.06. The number of piperidine rings is 1. The van der Waals surface area contributed by atoms with Gasteiger partial charge in [-0.25, -0.2) is 4.98 Å². The summed E-state index contributed by atoms with van der Waals surface area (Å²) in [7, 11) is 0. The molecule has 1 aliphatic heterocycles. The van der Waals surface area contributed by atoms with Gasteiger partial charge < -0.3 is 10.0 Å². The van der Waals surface area contributed by atoms with Crippen LogP contribution in [0.2, 0.25) is 0 Å². The lowest BCUT2D eigenvalue weighted by atomic mass is 9.90. The van der Waals surface area contributed by atoms with E-state index in [1.807, 2.05) is 13.8 Å². The molecule has 1 amide bonds. The van der Waals surface area contributed by atoms with Gasteiger partial charge in [-0.3, -0.25) is 9.59 Å². The molecule has 126 valence electrons. The fourth-order valence-corrected chi connectivity index (χ4v) is 5.01. The van der Waals surface area contributed by atoms with E-state index in [0.29, 0.717) is 30.3 Å². The Labute approximate surface area is 140 Å². The summed E-state index contributed by atoms with van der Waals surface area (Å²) in [6.07, 6.45) is 5.48. The van der Waals surface area contributed by atoms with E-state index in [2.05, 4.69) is 4.98 Å². The molecule has 2 fully saturated rings. The Morgan fingerprint density at radius 2 is 1.96 bits per heavy atom. The highest BCUT2D eigenvalue weighted by Gasteiger charge is 2.34. The molecule has 0 radical (unpaired) electrons. The van der Waals surface area contributed by atoms with E-state index in [-0.39, 0.29) is 11.8 Å². The molecule has 2 heterocycles. The number of nitrogens with zero attached hydrogens (tertiary/aromatic N) is 2. The molecule has 0 aromatic carbocycles. The van der Waals surface area contributed by atoms with Gasteiger partial charge in [-0.2, -0.15) is 0 Å². The van der Waals surface area contributed by atoms with Crippen LogP contribution in [0.3, 0.4) is 0 Å². The Bertz CT molecular complexity index is 607. The maximum absolute atomic E-state index is 12.9. The van der Waals surface area contributed by atoms with Gasteiger partial charge in [0.15, 0.2) is 0 Å². The van der Waals surface area contributed by atoms with Crippen LogP contribution in [0, 0.1) is 18.8 Å². The number of aliphatic carboxylic acids is 1. The Hall–Kier alpha value is -1.43. The number of likely N-dealkylation sites (tertiary alicyclic amines) is 1. The van der Waals surface area contributed by atoms with Crippen LogP contribution in [0.25, 0.3) is 0 Å². The fraction of sp³-hybridized carbons (Fsp3) is 0.706. The molecule has 23 heavy (non-hydrogen) atoms. The molecule has 2 aliphatic rings. The van der Waals surface area contributed by atoms with Crippen molar-refractivity contribution in [2.75, 3.05) is 13.1 Å². The lowest BCUT2D eigenvalue weighted by Crippen LogP contribution is -2.45. The molecule has 6 heteroatoms. The topological polar surface area (TPSA) is 70.5 Å². The Kier molecular flexibility index (Phi) is 4.71. The number of carboxylic acid groups (broad SMARTS) is 1. The van der Waals surface area contributed by atoms with Crippen LogP contribution < -0.4 is 0 Å². The first-order valence-corrected chi connectivity index (χ1v) is 9.26. The molecule has 2 atom stereocenters. The third kappa shape index (κ3) is 3.42. The largest absolute Gasteiger partial charge is 0.481 e. The predicted molar refractivity (Wildman–Crippen MR) is 88.9 cm³/mol. The van der Waals surface area contributed by atoms with Crippen molar-refractivity contribution in [3.05, 3.63) is 15.6 Å². The van der Waals surface area contributed by atoms with Gasteiger partial charge >= 0.3 is 5.97 Å². The molecule has 1 aromatic heterocycles. The Morgan fingerprint density at radius 3 is 2.61 bits per heavy atom. The minimum Gasteiger partial charge on any atom is -0.481 e. The van der Waals surface area contributed by atoms with E-state index in [1.54, 1.807) is 4.90 Å². The first-order chi connectivity index (χ1) is 11.0. The number of carboxylic acids is 1. The lowest BCUT2D eigenvalue weighted by Gasteiger charge is -2.34. The van der Waals surface area contributed by atoms with Gasteiger partial charge in [0, 0.05) is 19.0 Å². The standard InChI is InChI=1S/C17H24N2O3S/c1-10-7-13(17(21)22)9-19(8-10)16(20)14-11(2)18-15(23-14)12-5-3-4-6-12/h10,12-13H,3-9H2,1-2H3,(H,21,22). The normalized spacial score (nSPS) is 25.7. The van der Waals surface area contributed by atoms with Gasteiger partial charge in [0.25, 0.3) is 5.91 Å². The van der Waals surface area contributed by atoms with Crippen LogP contribution in [0.15, 0.2) is 0 Å². The summed E-state index contributed by atoms with van der Waals surface area (Å²) >= 11 is 1.52. The van der Waals surface area contributed by atoms with Crippen molar-refractivity contribution in [2.45, 2.75) is 51.9 Å². The number of carbonyl (C=O) groups is 2. The van der Waals surface area contributed by atoms with E-state index in [9.17, 15) is 14.7 Å². The van der Waals surface area contributed by atoms with Gasteiger partial charge in [0.1, 0.15) is 4.88 Å². The Balaban J connectivity index is 1.78. The van der Waals surface area contributed by atoms with Gasteiger partial charge in [-0.15, -0.1) is 11.3 Å². The van der Waals surface area contributed by atoms with Crippen molar-refractivity contribution in [1.29, 1.82) is 0 Å². The SMILES string of the molecule is Cc1nc(C2CCCC2)sc1C(=O)N1CC(C)CC(C(=O)O)C1. The quantitative estimate of drug-likeness (QED) is 0.919. The van der Waals surface area contributed by atoms with Crippen LogP contribution in [-0.2, 0) is 4.79 Å². The summed E-state index contributed by atoms with van der Waals surface area (Å²) in [5.74, 6) is -0.571. The highest BCUT2D eigenvalue weighted by Crippen LogP contribution is 2.37. The van der Waals surface area contributed by atoms with Gasteiger partial charge in [-0.1, -0.05) is 19.8 Å². The minimum atomic E-state index is -0.804. The summed E-state index contributed by atoms with van der Waals surface area (Å²) in [5, 5.41) is 10.4. The lowest BCUT2D eigenvalue weighted by molar-refractivity contribution is -0.143. The monoisotopic (exact) mass is 336 g/mol. The van der Waals surface area contributed by atoms with Gasteiger partial charge in [0.05, 0.1) is 16.6 Å². The van der Waals surface area contributed by atoms with Gasteiger partial charge in [0.2, 0.25) is 0 Å². The van der Waals surface area contributed by atoms with Crippen molar-refractivity contribution >= 4 is 23.2 Å². The molecule has 1 N–H and O–H groups in total. The molecule has 3 rings (SSSR count). The van der Waals surface area contributed by atoms with Crippen molar-refractivity contribution in [3.63, 3.8) is 0 Å². The van der Waals surface area contributed by atoms with Crippen LogP contribution in [0.4, 0.5) is 0 Å². The van der Waals surface area contributed by atoms with Crippen molar-refractivity contribution in [3.8, 4) is 0 Å². The summed E-state index contributed by atoms with van der Waals surface area (Å²) in [6.45, 7) is 4.86. The van der Waals surface area contributed by atoms with E-state index in [0.717, 1.165) is 10.7 Å². The summed E-state index contributed by atoms with van der Waals surface area (Å²) in [4.78, 5) is 31.2. The first kappa shape index (κ1) is 16.4. The van der Waals surface area contributed by atoms with Crippen molar-refractivity contribution in [1.82, 2.24) is 9.88 Å². The van der Waals surface area contributed by atoms with Crippen LogP contribution in [0.5, 0.6) is 0 Å². The summed E-state index contributed by atoms with van der Waals surface area (Å²) < 4.78 is 0. The average Bonchev–Trinajstić information content (AvgIpc) is 3.15. The predicted octanol–water partition coefficient (Wildman–Crippen LogP) is 3.29. The van der Waals surface area contributed by atoms with E-state index < -0.39 is 11.9 Å². The zero-order chi connectivity index (χ0) is 16.6.